The molecule has 2 rings (SSSR count). The molecule has 2 heterocycles. The lowest BCUT2D eigenvalue weighted by Gasteiger charge is -2.09. The van der Waals surface area contributed by atoms with E-state index in [1.165, 1.54) is 4.88 Å². The maximum atomic E-state index is 4.47. The molecule has 1 N–H and O–H groups in total. The van der Waals surface area contributed by atoms with E-state index in [9.17, 15) is 0 Å². The third-order valence-corrected chi connectivity index (χ3v) is 3.89. The second-order valence-corrected chi connectivity index (χ2v) is 5.15. The highest BCUT2D eigenvalue weighted by molar-refractivity contribution is 7.15. The lowest BCUT2D eigenvalue weighted by atomic mass is 10.3. The molecule has 4 nitrogen and oxygen atoms in total. The molecular formula is C12H18N4S. The third-order valence-electron chi connectivity index (χ3n) is 2.69. The fraction of sp³-hybridized carbons (Fsp3) is 0.500. The van der Waals surface area contributed by atoms with Crippen molar-refractivity contribution in [3.8, 4) is 10.7 Å². The molecule has 5 heteroatoms. The first kappa shape index (κ1) is 12.3. The lowest BCUT2D eigenvalue weighted by Crippen LogP contribution is -2.18. The zero-order valence-corrected chi connectivity index (χ0v) is 11.3. The van der Waals surface area contributed by atoms with Crippen molar-refractivity contribution in [1.82, 2.24) is 20.1 Å². The summed E-state index contributed by atoms with van der Waals surface area (Å²) in [6.45, 7) is 5.39. The van der Waals surface area contributed by atoms with E-state index in [0.717, 1.165) is 23.7 Å². The fourth-order valence-corrected chi connectivity index (χ4v) is 2.65. The highest BCUT2D eigenvalue weighted by Crippen LogP contribution is 2.27. The van der Waals surface area contributed by atoms with Gasteiger partial charge in [-0.3, -0.25) is 4.68 Å². The molecule has 0 radical (unpaired) electrons. The molecule has 17 heavy (non-hydrogen) atoms. The molecule has 0 saturated heterocycles. The third kappa shape index (κ3) is 2.73. The summed E-state index contributed by atoms with van der Waals surface area (Å²) in [7, 11) is 1.94. The molecule has 0 aliphatic rings. The Labute approximate surface area is 106 Å². The molecule has 1 unspecified atom stereocenters. The zero-order valence-electron chi connectivity index (χ0n) is 10.5. The summed E-state index contributed by atoms with van der Waals surface area (Å²) >= 11 is 1.73. The predicted octanol–water partition coefficient (Wildman–Crippen LogP) is 2.60. The van der Waals surface area contributed by atoms with Gasteiger partial charge >= 0.3 is 0 Å². The van der Waals surface area contributed by atoms with Crippen LogP contribution in [0.25, 0.3) is 10.7 Å². The number of aryl methyl sites for hydroxylation is 1. The van der Waals surface area contributed by atoms with Gasteiger partial charge in [-0.2, -0.15) is 5.10 Å². The van der Waals surface area contributed by atoms with E-state index in [4.69, 9.17) is 0 Å². The molecule has 0 amide bonds. The smallest absolute Gasteiger partial charge is 0.141 e. The van der Waals surface area contributed by atoms with Crippen LogP contribution < -0.4 is 5.32 Å². The summed E-state index contributed by atoms with van der Waals surface area (Å²) in [5, 5.41) is 8.67. The van der Waals surface area contributed by atoms with Gasteiger partial charge in [-0.15, -0.1) is 11.3 Å². The summed E-state index contributed by atoms with van der Waals surface area (Å²) in [6, 6.07) is 2.36. The van der Waals surface area contributed by atoms with Gasteiger partial charge in [0.15, 0.2) is 0 Å². The minimum absolute atomic E-state index is 0.370. The summed E-state index contributed by atoms with van der Waals surface area (Å²) < 4.78 is 1.85. The highest BCUT2D eigenvalue weighted by Gasteiger charge is 2.12. The van der Waals surface area contributed by atoms with Crippen molar-refractivity contribution in [3.63, 3.8) is 0 Å². The van der Waals surface area contributed by atoms with Gasteiger partial charge < -0.3 is 5.32 Å². The summed E-state index contributed by atoms with van der Waals surface area (Å²) in [5.41, 5.74) is 1.07. The van der Waals surface area contributed by atoms with Gasteiger partial charge in [0.1, 0.15) is 5.01 Å². The van der Waals surface area contributed by atoms with Crippen molar-refractivity contribution in [3.05, 3.63) is 23.3 Å². The van der Waals surface area contributed by atoms with Gasteiger partial charge in [-0.1, -0.05) is 6.92 Å². The van der Waals surface area contributed by atoms with Crippen molar-refractivity contribution in [2.24, 2.45) is 7.05 Å². The highest BCUT2D eigenvalue weighted by atomic mass is 32.1. The molecule has 0 fully saturated rings. The first-order chi connectivity index (χ1) is 8.22. The molecule has 0 aliphatic carbocycles. The lowest BCUT2D eigenvalue weighted by molar-refractivity contribution is 0.577. The van der Waals surface area contributed by atoms with Crippen LogP contribution >= 0.6 is 11.3 Å². The summed E-state index contributed by atoms with van der Waals surface area (Å²) in [6.07, 6.45) is 4.91. The first-order valence-electron chi connectivity index (χ1n) is 5.90. The van der Waals surface area contributed by atoms with Crippen molar-refractivity contribution >= 4 is 11.3 Å². The fourth-order valence-electron chi connectivity index (χ4n) is 1.65. The second-order valence-electron chi connectivity index (χ2n) is 4.08. The van der Waals surface area contributed by atoms with Crippen LogP contribution in [-0.4, -0.2) is 21.3 Å². The number of nitrogens with zero attached hydrogens (tertiary/aromatic N) is 3. The number of thiazole rings is 1. The van der Waals surface area contributed by atoms with Gasteiger partial charge in [0.05, 0.1) is 5.69 Å². The van der Waals surface area contributed by atoms with Crippen LogP contribution in [0.3, 0.4) is 0 Å². The largest absolute Gasteiger partial charge is 0.309 e. The van der Waals surface area contributed by atoms with E-state index in [1.807, 2.05) is 24.0 Å². The van der Waals surface area contributed by atoms with Gasteiger partial charge in [0.25, 0.3) is 0 Å². The zero-order chi connectivity index (χ0) is 12.3. The predicted molar refractivity (Wildman–Crippen MR) is 71.0 cm³/mol. The molecule has 2 aromatic rings. The number of hydrogen-bond donors (Lipinski definition) is 1. The molecule has 1 atom stereocenters. The Balaban J connectivity index is 2.13. The molecule has 0 spiro atoms. The Morgan fingerprint density at radius 2 is 2.35 bits per heavy atom. The van der Waals surface area contributed by atoms with Gasteiger partial charge in [0.2, 0.25) is 0 Å². The number of rotatable bonds is 5. The van der Waals surface area contributed by atoms with Crippen molar-refractivity contribution < 1.29 is 0 Å². The number of aromatic nitrogens is 3. The van der Waals surface area contributed by atoms with E-state index >= 15 is 0 Å². The summed E-state index contributed by atoms with van der Waals surface area (Å²) in [4.78, 5) is 5.74. The van der Waals surface area contributed by atoms with E-state index in [0.29, 0.717) is 6.04 Å². The van der Waals surface area contributed by atoms with Gasteiger partial charge in [0, 0.05) is 30.4 Å². The average Bonchev–Trinajstić information content (AvgIpc) is 2.93. The minimum atomic E-state index is 0.370. The van der Waals surface area contributed by atoms with Crippen LogP contribution in [0, 0.1) is 0 Å². The van der Waals surface area contributed by atoms with Crippen molar-refractivity contribution in [2.75, 3.05) is 6.54 Å². The van der Waals surface area contributed by atoms with E-state index in [1.54, 1.807) is 17.5 Å². The van der Waals surface area contributed by atoms with Gasteiger partial charge in [-0.25, -0.2) is 4.98 Å². The van der Waals surface area contributed by atoms with Crippen LogP contribution in [0.4, 0.5) is 0 Å². The molecule has 0 aliphatic heterocycles. The maximum Gasteiger partial charge on any atom is 0.141 e. The Morgan fingerprint density at radius 3 is 3.00 bits per heavy atom. The Bertz CT molecular complexity index is 474. The van der Waals surface area contributed by atoms with E-state index in [-0.39, 0.29) is 0 Å². The number of hydrogen-bond acceptors (Lipinski definition) is 4. The average molecular weight is 250 g/mol. The second kappa shape index (κ2) is 5.42. The van der Waals surface area contributed by atoms with Crippen LogP contribution in [0.2, 0.25) is 0 Å². The molecule has 0 aromatic carbocycles. The molecule has 0 bridgehead atoms. The van der Waals surface area contributed by atoms with Crippen LogP contribution in [0.15, 0.2) is 18.5 Å². The molecule has 2 aromatic heterocycles. The number of nitrogens with one attached hydrogen (secondary N) is 1. The Kier molecular flexibility index (Phi) is 3.91. The quantitative estimate of drug-likeness (QED) is 0.887. The van der Waals surface area contributed by atoms with E-state index < -0.39 is 0 Å². The Hall–Kier alpha value is -1.20. The van der Waals surface area contributed by atoms with Crippen LogP contribution in [0.5, 0.6) is 0 Å². The minimum Gasteiger partial charge on any atom is -0.309 e. The SMILES string of the molecule is CCCNC(C)c1cnc(-c2ccnn2C)s1. The van der Waals surface area contributed by atoms with Gasteiger partial charge in [-0.05, 0) is 26.0 Å². The van der Waals surface area contributed by atoms with Crippen molar-refractivity contribution in [1.29, 1.82) is 0 Å². The molecule has 0 saturated carbocycles. The molecule has 92 valence electrons. The van der Waals surface area contributed by atoms with Crippen LogP contribution in [0.1, 0.15) is 31.2 Å². The normalized spacial score (nSPS) is 12.9. The topological polar surface area (TPSA) is 42.7 Å². The molecular weight excluding hydrogens is 232 g/mol. The van der Waals surface area contributed by atoms with Crippen LogP contribution in [-0.2, 0) is 7.05 Å². The van der Waals surface area contributed by atoms with E-state index in [2.05, 4.69) is 29.2 Å². The van der Waals surface area contributed by atoms with Crippen molar-refractivity contribution in [2.45, 2.75) is 26.3 Å². The maximum absolute atomic E-state index is 4.47. The first-order valence-corrected chi connectivity index (χ1v) is 6.71. The Morgan fingerprint density at radius 1 is 1.53 bits per heavy atom. The summed E-state index contributed by atoms with van der Waals surface area (Å²) in [5.74, 6) is 0. The standard InChI is InChI=1S/C12H18N4S/c1-4-6-13-9(2)11-8-14-12(17-11)10-5-7-15-16(10)3/h5,7-9,13H,4,6H2,1-3H3. The monoisotopic (exact) mass is 250 g/mol.